The molecule has 1 saturated heterocycles. The summed E-state index contributed by atoms with van der Waals surface area (Å²) in [5, 5.41) is 32.1. The number of carbonyl (C=O) groups is 1. The van der Waals surface area contributed by atoms with Gasteiger partial charge in [-0.3, -0.25) is 4.79 Å². The van der Waals surface area contributed by atoms with E-state index in [1.807, 2.05) is 0 Å². The van der Waals surface area contributed by atoms with Gasteiger partial charge in [0.2, 0.25) is 5.91 Å². The van der Waals surface area contributed by atoms with Crippen molar-refractivity contribution in [2.24, 2.45) is 0 Å². The summed E-state index contributed by atoms with van der Waals surface area (Å²) < 4.78 is 21.6. The molecule has 146 valence electrons. The van der Waals surface area contributed by atoms with Crippen molar-refractivity contribution in [2.75, 3.05) is 20.8 Å². The molecule has 5 atom stereocenters. The van der Waals surface area contributed by atoms with Gasteiger partial charge in [-0.2, -0.15) is 0 Å². The number of benzene rings is 1. The Labute approximate surface area is 151 Å². The standard InChI is InChI=1S/C17H25NO8/c1-9(20)18-14-16(22)15(21)13(7-19)26-17(14)25-8-10-4-11(23-2)6-12(5-10)24-3/h4-6,13-17,19,21-22H,7-8H2,1-3H3,(H,18,20)/t13-,14-,15-,16-,17-/m1/s1. The smallest absolute Gasteiger partial charge is 0.217 e. The molecule has 9 nitrogen and oxygen atoms in total. The lowest BCUT2D eigenvalue weighted by Crippen LogP contribution is -2.64. The van der Waals surface area contributed by atoms with Crippen LogP contribution in [0.1, 0.15) is 12.5 Å². The lowest BCUT2D eigenvalue weighted by atomic mass is 9.97. The summed E-state index contributed by atoms with van der Waals surface area (Å²) in [5.41, 5.74) is 0.715. The Balaban J connectivity index is 2.14. The van der Waals surface area contributed by atoms with Crippen LogP contribution < -0.4 is 14.8 Å². The molecule has 0 bridgehead atoms. The van der Waals surface area contributed by atoms with Crippen molar-refractivity contribution in [3.63, 3.8) is 0 Å². The van der Waals surface area contributed by atoms with Gasteiger partial charge in [-0.15, -0.1) is 0 Å². The van der Waals surface area contributed by atoms with E-state index in [0.717, 1.165) is 0 Å². The van der Waals surface area contributed by atoms with Crippen LogP contribution in [0.25, 0.3) is 0 Å². The fourth-order valence-corrected chi connectivity index (χ4v) is 2.74. The van der Waals surface area contributed by atoms with E-state index in [1.54, 1.807) is 18.2 Å². The summed E-state index contributed by atoms with van der Waals surface area (Å²) in [5.74, 6) is 0.744. The van der Waals surface area contributed by atoms with Crippen molar-refractivity contribution in [2.45, 2.75) is 44.2 Å². The first-order valence-electron chi connectivity index (χ1n) is 8.12. The number of aliphatic hydroxyl groups excluding tert-OH is 3. The normalized spacial score (nSPS) is 28.5. The minimum absolute atomic E-state index is 0.0648. The highest BCUT2D eigenvalue weighted by Gasteiger charge is 2.45. The van der Waals surface area contributed by atoms with E-state index in [0.29, 0.717) is 17.1 Å². The number of aliphatic hydroxyl groups is 3. The summed E-state index contributed by atoms with van der Waals surface area (Å²) in [6, 6.07) is 4.21. The molecule has 1 aromatic rings. The maximum Gasteiger partial charge on any atom is 0.217 e. The largest absolute Gasteiger partial charge is 0.497 e. The van der Waals surface area contributed by atoms with Crippen LogP contribution in [0.4, 0.5) is 0 Å². The number of amides is 1. The van der Waals surface area contributed by atoms with Crippen LogP contribution in [0, 0.1) is 0 Å². The van der Waals surface area contributed by atoms with Gasteiger partial charge in [-0.05, 0) is 17.7 Å². The highest BCUT2D eigenvalue weighted by molar-refractivity contribution is 5.73. The fourth-order valence-electron chi connectivity index (χ4n) is 2.74. The molecule has 26 heavy (non-hydrogen) atoms. The highest BCUT2D eigenvalue weighted by atomic mass is 16.7. The molecule has 0 unspecified atom stereocenters. The van der Waals surface area contributed by atoms with Crippen molar-refractivity contribution >= 4 is 5.91 Å². The number of ether oxygens (including phenoxy) is 4. The van der Waals surface area contributed by atoms with Crippen LogP contribution in [-0.2, 0) is 20.9 Å². The van der Waals surface area contributed by atoms with Crippen molar-refractivity contribution in [3.05, 3.63) is 23.8 Å². The van der Waals surface area contributed by atoms with Crippen LogP contribution >= 0.6 is 0 Å². The lowest BCUT2D eigenvalue weighted by molar-refractivity contribution is -0.273. The summed E-state index contributed by atoms with van der Waals surface area (Å²) in [7, 11) is 3.06. The molecule has 1 amide bonds. The van der Waals surface area contributed by atoms with Crippen LogP contribution in [0.3, 0.4) is 0 Å². The van der Waals surface area contributed by atoms with Crippen molar-refractivity contribution in [1.82, 2.24) is 5.32 Å². The summed E-state index contributed by atoms with van der Waals surface area (Å²) in [6.45, 7) is 0.842. The molecule has 9 heteroatoms. The second-order valence-corrected chi connectivity index (χ2v) is 5.96. The minimum Gasteiger partial charge on any atom is -0.497 e. The first-order chi connectivity index (χ1) is 12.4. The Bertz CT molecular complexity index is 588. The molecule has 0 aliphatic carbocycles. The SMILES string of the molecule is COc1cc(CO[C@@H]2O[C@H](CO)[C@@H](O)[C@H](O)[C@H]2NC(C)=O)cc(OC)c1. The number of carbonyl (C=O) groups excluding carboxylic acids is 1. The third kappa shape index (κ3) is 4.83. The van der Waals surface area contributed by atoms with Gasteiger partial charge in [0.05, 0.1) is 27.4 Å². The van der Waals surface area contributed by atoms with E-state index in [2.05, 4.69) is 5.32 Å². The number of hydrogen-bond acceptors (Lipinski definition) is 8. The van der Waals surface area contributed by atoms with Crippen LogP contribution in [-0.4, -0.2) is 72.7 Å². The number of nitrogens with one attached hydrogen (secondary N) is 1. The zero-order valence-electron chi connectivity index (χ0n) is 14.9. The Kier molecular flexibility index (Phi) is 7.18. The summed E-state index contributed by atoms with van der Waals surface area (Å²) >= 11 is 0. The van der Waals surface area contributed by atoms with E-state index < -0.39 is 43.2 Å². The number of methoxy groups -OCH3 is 2. The second kappa shape index (κ2) is 9.15. The van der Waals surface area contributed by atoms with Crippen molar-refractivity contribution in [3.8, 4) is 11.5 Å². The number of rotatable bonds is 7. The summed E-state index contributed by atoms with van der Waals surface area (Å²) in [6.07, 6.45) is -4.80. The predicted octanol–water partition coefficient (Wildman–Crippen LogP) is -0.836. The van der Waals surface area contributed by atoms with E-state index in [4.69, 9.17) is 18.9 Å². The van der Waals surface area contributed by atoms with Crippen molar-refractivity contribution in [1.29, 1.82) is 0 Å². The van der Waals surface area contributed by atoms with E-state index >= 15 is 0 Å². The van der Waals surface area contributed by atoms with Gasteiger partial charge in [-0.25, -0.2) is 0 Å². The highest BCUT2D eigenvalue weighted by Crippen LogP contribution is 2.26. The maximum atomic E-state index is 11.4. The van der Waals surface area contributed by atoms with Crippen LogP contribution in [0.5, 0.6) is 11.5 Å². The third-order valence-corrected chi connectivity index (χ3v) is 4.08. The van der Waals surface area contributed by atoms with E-state index in [1.165, 1.54) is 21.1 Å². The first-order valence-corrected chi connectivity index (χ1v) is 8.12. The Morgan fingerprint density at radius 2 is 1.77 bits per heavy atom. The van der Waals surface area contributed by atoms with E-state index in [-0.39, 0.29) is 6.61 Å². The van der Waals surface area contributed by atoms with Crippen LogP contribution in [0.15, 0.2) is 18.2 Å². The van der Waals surface area contributed by atoms with Crippen molar-refractivity contribution < 1.29 is 39.1 Å². The zero-order valence-corrected chi connectivity index (χ0v) is 14.9. The molecule has 0 radical (unpaired) electrons. The van der Waals surface area contributed by atoms with Gasteiger partial charge in [0.15, 0.2) is 6.29 Å². The molecular formula is C17H25NO8. The van der Waals surface area contributed by atoms with E-state index in [9.17, 15) is 20.1 Å². The van der Waals surface area contributed by atoms with Gasteiger partial charge in [0, 0.05) is 13.0 Å². The Morgan fingerprint density at radius 1 is 1.15 bits per heavy atom. The monoisotopic (exact) mass is 371 g/mol. The topological polar surface area (TPSA) is 127 Å². The quantitative estimate of drug-likeness (QED) is 0.489. The molecule has 4 N–H and O–H groups in total. The molecular weight excluding hydrogens is 346 g/mol. The van der Waals surface area contributed by atoms with Gasteiger partial charge in [0.1, 0.15) is 35.9 Å². The van der Waals surface area contributed by atoms with Crippen LogP contribution in [0.2, 0.25) is 0 Å². The first kappa shape index (κ1) is 20.4. The molecule has 2 rings (SSSR count). The summed E-state index contributed by atoms with van der Waals surface area (Å²) in [4.78, 5) is 11.4. The van der Waals surface area contributed by atoms with Gasteiger partial charge in [-0.1, -0.05) is 0 Å². The van der Waals surface area contributed by atoms with Gasteiger partial charge >= 0.3 is 0 Å². The molecule has 1 aliphatic rings. The third-order valence-electron chi connectivity index (χ3n) is 4.08. The zero-order chi connectivity index (χ0) is 19.3. The number of hydrogen-bond donors (Lipinski definition) is 4. The molecule has 1 aromatic carbocycles. The molecule has 0 aromatic heterocycles. The molecule has 1 aliphatic heterocycles. The molecule has 0 saturated carbocycles. The molecule has 0 spiro atoms. The fraction of sp³-hybridized carbons (Fsp3) is 0.588. The van der Waals surface area contributed by atoms with Gasteiger partial charge in [0.25, 0.3) is 0 Å². The maximum absolute atomic E-state index is 11.4. The van der Waals surface area contributed by atoms with Gasteiger partial charge < -0.3 is 39.6 Å². The average molecular weight is 371 g/mol. The molecule has 1 heterocycles. The molecule has 1 fully saturated rings. The minimum atomic E-state index is -1.35. The Hall–Kier alpha value is -1.91. The second-order valence-electron chi connectivity index (χ2n) is 5.96. The average Bonchev–Trinajstić information content (AvgIpc) is 2.64. The lowest BCUT2D eigenvalue weighted by Gasteiger charge is -2.42. The Morgan fingerprint density at radius 3 is 2.27 bits per heavy atom. The predicted molar refractivity (Wildman–Crippen MR) is 89.7 cm³/mol.